The van der Waals surface area contributed by atoms with Gasteiger partial charge in [0.05, 0.1) is 7.11 Å². The lowest BCUT2D eigenvalue weighted by Crippen LogP contribution is -2.09. The summed E-state index contributed by atoms with van der Waals surface area (Å²) in [5, 5.41) is 0. The minimum absolute atomic E-state index is 0.648. The zero-order valence-corrected chi connectivity index (χ0v) is 35.5. The van der Waals surface area contributed by atoms with Crippen LogP contribution in [0.1, 0.15) is 32.6 Å². The molecule has 4 heteroatoms. The zero-order chi connectivity index (χ0) is 43.5. The van der Waals surface area contributed by atoms with Crippen LogP contribution in [0, 0.1) is 0 Å². The second-order valence-corrected chi connectivity index (χ2v) is 15.4. The second kappa shape index (κ2) is 19.5. The molecule has 9 aromatic carbocycles. The molecule has 9 rings (SSSR count). The van der Waals surface area contributed by atoms with Gasteiger partial charge in [0.2, 0.25) is 0 Å². The first-order valence-corrected chi connectivity index (χ1v) is 21.4. The molecule has 0 heterocycles. The Hall–Kier alpha value is -8.47. The summed E-state index contributed by atoms with van der Waals surface area (Å²) in [4.78, 5) is 15.9. The van der Waals surface area contributed by atoms with Crippen LogP contribution in [-0.4, -0.2) is 13.4 Å². The van der Waals surface area contributed by atoms with Gasteiger partial charge >= 0.3 is 0 Å². The molecule has 0 N–H and O–H groups in total. The standard InChI is InChI=1S/C60H46N2O2/c1-64-58-40-38-57(39-41-58)62(53-20-12-5-13-21-53)55-34-26-46(27-35-55)23-31-51-43-59(48-14-6-2-7-15-48)50(42-60(51)49-16-8-3-9-17-49)30-22-45-24-32-54(33-25-45)61(52-18-10-4-11-19-52)56-36-28-47(44-63)29-37-56/h2-44H,1H3/b30-22-,31-23-. The first kappa shape index (κ1) is 40.9. The van der Waals surface area contributed by atoms with E-state index in [1.165, 1.54) is 0 Å². The number of hydrogen-bond acceptors (Lipinski definition) is 4. The van der Waals surface area contributed by atoms with Crippen LogP contribution < -0.4 is 14.5 Å². The van der Waals surface area contributed by atoms with Crippen LogP contribution in [0.3, 0.4) is 0 Å². The maximum Gasteiger partial charge on any atom is 0.150 e. The highest BCUT2D eigenvalue weighted by Gasteiger charge is 2.15. The van der Waals surface area contributed by atoms with Crippen LogP contribution in [0.5, 0.6) is 5.75 Å². The molecule has 4 nitrogen and oxygen atoms in total. The van der Waals surface area contributed by atoms with Gasteiger partial charge in [0, 0.05) is 39.7 Å². The summed E-state index contributed by atoms with van der Waals surface area (Å²) in [5.74, 6) is 0.824. The maximum absolute atomic E-state index is 11.4. The summed E-state index contributed by atoms with van der Waals surface area (Å²) in [6.07, 6.45) is 9.73. The van der Waals surface area contributed by atoms with Crippen molar-refractivity contribution >= 4 is 64.7 Å². The first-order valence-electron chi connectivity index (χ1n) is 21.4. The molecule has 0 atom stereocenters. The van der Waals surface area contributed by atoms with Crippen molar-refractivity contribution in [2.45, 2.75) is 0 Å². The number of nitrogens with zero attached hydrogens (tertiary/aromatic N) is 2. The molecule has 0 aliphatic rings. The van der Waals surface area contributed by atoms with Crippen LogP contribution in [0.4, 0.5) is 34.1 Å². The average molecular weight is 827 g/mol. The number of hydrogen-bond donors (Lipinski definition) is 0. The minimum Gasteiger partial charge on any atom is -0.497 e. The topological polar surface area (TPSA) is 32.8 Å². The number of rotatable bonds is 14. The zero-order valence-electron chi connectivity index (χ0n) is 35.5. The van der Waals surface area contributed by atoms with Crippen molar-refractivity contribution in [2.24, 2.45) is 0 Å². The van der Waals surface area contributed by atoms with Gasteiger partial charge in [0.1, 0.15) is 12.0 Å². The first-order chi connectivity index (χ1) is 31.6. The van der Waals surface area contributed by atoms with E-state index in [4.69, 9.17) is 4.74 Å². The van der Waals surface area contributed by atoms with Gasteiger partial charge in [-0.05, 0) is 154 Å². The third-order valence-electron chi connectivity index (χ3n) is 11.3. The van der Waals surface area contributed by atoms with Crippen molar-refractivity contribution in [3.63, 3.8) is 0 Å². The largest absolute Gasteiger partial charge is 0.497 e. The summed E-state index contributed by atoms with van der Waals surface area (Å²) in [5.41, 5.74) is 15.9. The summed E-state index contributed by atoms with van der Waals surface area (Å²) < 4.78 is 5.45. The Morgan fingerprint density at radius 2 is 0.656 bits per heavy atom. The quantitative estimate of drug-likeness (QED) is 0.0808. The van der Waals surface area contributed by atoms with E-state index in [0.717, 1.165) is 90.7 Å². The molecule has 0 unspecified atom stereocenters. The van der Waals surface area contributed by atoms with Crippen molar-refractivity contribution in [2.75, 3.05) is 16.9 Å². The molecule has 0 fully saturated rings. The van der Waals surface area contributed by atoms with E-state index < -0.39 is 0 Å². The highest BCUT2D eigenvalue weighted by Crippen LogP contribution is 2.38. The summed E-state index contributed by atoms with van der Waals surface area (Å²) >= 11 is 0. The van der Waals surface area contributed by atoms with Gasteiger partial charge < -0.3 is 14.5 Å². The molecule has 0 bridgehead atoms. The number of anilines is 6. The number of carbonyl (C=O) groups is 1. The maximum atomic E-state index is 11.4. The number of benzene rings is 9. The van der Waals surface area contributed by atoms with Crippen molar-refractivity contribution in [1.29, 1.82) is 0 Å². The highest BCUT2D eigenvalue weighted by atomic mass is 16.5. The van der Waals surface area contributed by atoms with Crippen LogP contribution in [0.2, 0.25) is 0 Å². The molecule has 0 amide bonds. The molecule has 64 heavy (non-hydrogen) atoms. The van der Waals surface area contributed by atoms with E-state index in [1.54, 1.807) is 7.11 Å². The molecular weight excluding hydrogens is 781 g/mol. The number of ether oxygens (including phenoxy) is 1. The van der Waals surface area contributed by atoms with Gasteiger partial charge in [-0.25, -0.2) is 0 Å². The van der Waals surface area contributed by atoms with Gasteiger partial charge in [-0.3, -0.25) is 4.79 Å². The van der Waals surface area contributed by atoms with Gasteiger partial charge in [-0.1, -0.05) is 146 Å². The summed E-state index contributed by atoms with van der Waals surface area (Å²) in [7, 11) is 1.69. The lowest BCUT2D eigenvalue weighted by Gasteiger charge is -2.25. The fraction of sp³-hybridized carbons (Fsp3) is 0.0167. The Morgan fingerprint density at radius 3 is 1.00 bits per heavy atom. The van der Waals surface area contributed by atoms with E-state index in [9.17, 15) is 4.79 Å². The van der Waals surface area contributed by atoms with Crippen LogP contribution in [0.25, 0.3) is 46.6 Å². The van der Waals surface area contributed by atoms with Crippen molar-refractivity contribution in [3.05, 3.63) is 258 Å². The molecule has 308 valence electrons. The third-order valence-corrected chi connectivity index (χ3v) is 11.3. The second-order valence-electron chi connectivity index (χ2n) is 15.4. The van der Waals surface area contributed by atoms with Crippen LogP contribution >= 0.6 is 0 Å². The Kier molecular flexibility index (Phi) is 12.5. The van der Waals surface area contributed by atoms with E-state index in [1.807, 2.05) is 60.7 Å². The van der Waals surface area contributed by atoms with E-state index in [-0.39, 0.29) is 0 Å². The monoisotopic (exact) mass is 826 g/mol. The predicted octanol–water partition coefficient (Wildman–Crippen LogP) is 16.1. The van der Waals surface area contributed by atoms with E-state index in [2.05, 4.69) is 204 Å². The molecule has 0 aliphatic carbocycles. The Bertz CT molecular complexity index is 2980. The van der Waals surface area contributed by atoms with Crippen molar-refractivity contribution < 1.29 is 9.53 Å². The Labute approximate surface area is 375 Å². The molecule has 0 aliphatic heterocycles. The van der Waals surface area contributed by atoms with Crippen molar-refractivity contribution in [1.82, 2.24) is 0 Å². The third kappa shape index (κ3) is 9.37. The number of para-hydroxylation sites is 2. The smallest absolute Gasteiger partial charge is 0.150 e. The summed E-state index contributed by atoms with van der Waals surface area (Å²) in [6.45, 7) is 0. The van der Waals surface area contributed by atoms with Gasteiger partial charge in [0.15, 0.2) is 0 Å². The number of methoxy groups -OCH3 is 1. The highest BCUT2D eigenvalue weighted by molar-refractivity contribution is 5.91. The molecular formula is C60H46N2O2. The minimum atomic E-state index is 0.648. The Balaban J connectivity index is 1.05. The average Bonchev–Trinajstić information content (AvgIpc) is 3.37. The van der Waals surface area contributed by atoms with Gasteiger partial charge in [-0.2, -0.15) is 0 Å². The van der Waals surface area contributed by atoms with Crippen LogP contribution in [-0.2, 0) is 0 Å². The number of carbonyl (C=O) groups excluding carboxylic acids is 1. The van der Waals surface area contributed by atoms with Crippen molar-refractivity contribution in [3.8, 4) is 28.0 Å². The molecule has 0 aromatic heterocycles. The fourth-order valence-corrected chi connectivity index (χ4v) is 7.97. The van der Waals surface area contributed by atoms with Gasteiger partial charge in [-0.15, -0.1) is 0 Å². The fourth-order valence-electron chi connectivity index (χ4n) is 7.97. The molecule has 0 radical (unpaired) electrons. The summed E-state index contributed by atoms with van der Waals surface area (Å²) in [6, 6.07) is 79.7. The van der Waals surface area contributed by atoms with Gasteiger partial charge in [0.25, 0.3) is 0 Å². The molecule has 0 saturated heterocycles. The normalized spacial score (nSPS) is 11.1. The van der Waals surface area contributed by atoms with Crippen LogP contribution in [0.15, 0.2) is 231 Å². The number of aldehydes is 1. The van der Waals surface area contributed by atoms with E-state index >= 15 is 0 Å². The lowest BCUT2D eigenvalue weighted by molar-refractivity contribution is 0.112. The molecule has 0 saturated carbocycles. The van der Waals surface area contributed by atoms with E-state index in [0.29, 0.717) is 5.56 Å². The lowest BCUT2D eigenvalue weighted by atomic mass is 9.90. The Morgan fingerprint density at radius 1 is 0.344 bits per heavy atom. The molecule has 0 spiro atoms. The SMILES string of the molecule is COc1ccc(N(c2ccccc2)c2ccc(/C=C\c3cc(-c4ccccc4)c(/C=C\c4ccc(N(c5ccccc5)c5ccc(C=O)cc5)cc4)cc3-c3ccccc3)cc2)cc1. The predicted molar refractivity (Wildman–Crippen MR) is 269 cm³/mol. The molecule has 9 aromatic rings.